The third kappa shape index (κ3) is 5.39. The SMILES string of the molecule is CCC(C)N(C)CCNC(=O)c1cc(I)ccc1Br. The van der Waals surface area contributed by atoms with Gasteiger partial charge in [0.05, 0.1) is 5.56 Å². The molecule has 0 saturated carbocycles. The highest BCUT2D eigenvalue weighted by Gasteiger charge is 2.11. The molecule has 106 valence electrons. The molecule has 0 radical (unpaired) electrons. The van der Waals surface area contributed by atoms with Crippen LogP contribution in [-0.4, -0.2) is 37.0 Å². The largest absolute Gasteiger partial charge is 0.351 e. The van der Waals surface area contributed by atoms with Crippen LogP contribution in [0.15, 0.2) is 22.7 Å². The number of carbonyl (C=O) groups excluding carboxylic acids is 1. The molecule has 0 aliphatic carbocycles. The molecule has 0 fully saturated rings. The number of nitrogens with one attached hydrogen (secondary N) is 1. The molecular weight excluding hydrogens is 419 g/mol. The van der Waals surface area contributed by atoms with E-state index < -0.39 is 0 Å². The van der Waals surface area contributed by atoms with Gasteiger partial charge in [0, 0.05) is 27.2 Å². The number of hydrogen-bond donors (Lipinski definition) is 1. The number of nitrogens with zero attached hydrogens (tertiary/aromatic N) is 1. The van der Waals surface area contributed by atoms with Crippen molar-refractivity contribution in [2.24, 2.45) is 0 Å². The lowest BCUT2D eigenvalue weighted by Gasteiger charge is -2.23. The summed E-state index contributed by atoms with van der Waals surface area (Å²) in [7, 11) is 2.09. The third-order valence-electron chi connectivity index (χ3n) is 3.27. The molecule has 1 aromatic rings. The van der Waals surface area contributed by atoms with Crippen molar-refractivity contribution in [3.63, 3.8) is 0 Å². The van der Waals surface area contributed by atoms with Crippen LogP contribution in [0.5, 0.6) is 0 Å². The number of likely N-dealkylation sites (N-methyl/N-ethyl adjacent to an activating group) is 1. The molecule has 0 bridgehead atoms. The van der Waals surface area contributed by atoms with Crippen molar-refractivity contribution in [1.29, 1.82) is 0 Å². The highest BCUT2D eigenvalue weighted by Crippen LogP contribution is 2.19. The van der Waals surface area contributed by atoms with E-state index in [0.717, 1.165) is 21.0 Å². The monoisotopic (exact) mass is 438 g/mol. The molecule has 0 saturated heterocycles. The van der Waals surface area contributed by atoms with E-state index in [2.05, 4.69) is 69.6 Å². The van der Waals surface area contributed by atoms with Gasteiger partial charge in [-0.15, -0.1) is 0 Å². The first-order chi connectivity index (χ1) is 8.95. The third-order valence-corrected chi connectivity index (χ3v) is 4.63. The summed E-state index contributed by atoms with van der Waals surface area (Å²) in [4.78, 5) is 14.3. The van der Waals surface area contributed by atoms with Crippen molar-refractivity contribution in [1.82, 2.24) is 10.2 Å². The van der Waals surface area contributed by atoms with E-state index in [9.17, 15) is 4.79 Å². The van der Waals surface area contributed by atoms with Gasteiger partial charge in [0.1, 0.15) is 0 Å². The summed E-state index contributed by atoms with van der Waals surface area (Å²) in [6.07, 6.45) is 1.12. The molecule has 1 rings (SSSR count). The number of halogens is 2. The molecule has 1 unspecified atom stereocenters. The molecule has 5 heteroatoms. The fraction of sp³-hybridized carbons (Fsp3) is 0.500. The van der Waals surface area contributed by atoms with Gasteiger partial charge in [-0.3, -0.25) is 4.79 Å². The zero-order valence-electron chi connectivity index (χ0n) is 11.5. The molecule has 1 atom stereocenters. The zero-order valence-corrected chi connectivity index (χ0v) is 15.3. The standard InChI is InChI=1S/C14H20BrIN2O/c1-4-10(2)18(3)8-7-17-14(19)12-9-11(16)5-6-13(12)15/h5-6,9-10H,4,7-8H2,1-3H3,(H,17,19). The zero-order chi connectivity index (χ0) is 14.4. The van der Waals surface area contributed by atoms with Gasteiger partial charge in [-0.2, -0.15) is 0 Å². The van der Waals surface area contributed by atoms with Gasteiger partial charge in [0.25, 0.3) is 5.91 Å². The molecular formula is C14H20BrIN2O. The summed E-state index contributed by atoms with van der Waals surface area (Å²) in [6, 6.07) is 6.31. The van der Waals surface area contributed by atoms with Gasteiger partial charge >= 0.3 is 0 Å². The Balaban J connectivity index is 2.50. The lowest BCUT2D eigenvalue weighted by Crippen LogP contribution is -2.37. The Morgan fingerprint density at radius 2 is 2.21 bits per heavy atom. The maximum absolute atomic E-state index is 12.1. The van der Waals surface area contributed by atoms with Crippen molar-refractivity contribution in [2.45, 2.75) is 26.3 Å². The van der Waals surface area contributed by atoms with Gasteiger partial charge in [-0.1, -0.05) is 6.92 Å². The molecule has 0 aliphatic heterocycles. The minimum atomic E-state index is -0.0251. The van der Waals surface area contributed by atoms with Crippen LogP contribution < -0.4 is 5.32 Å². The average Bonchev–Trinajstić information content (AvgIpc) is 2.40. The Labute approximate surface area is 137 Å². The van der Waals surface area contributed by atoms with E-state index >= 15 is 0 Å². The van der Waals surface area contributed by atoms with E-state index in [1.54, 1.807) is 0 Å². The molecule has 1 N–H and O–H groups in total. The topological polar surface area (TPSA) is 32.3 Å². The first-order valence-electron chi connectivity index (χ1n) is 6.39. The minimum absolute atomic E-state index is 0.0251. The Morgan fingerprint density at radius 3 is 2.84 bits per heavy atom. The summed E-state index contributed by atoms with van der Waals surface area (Å²) in [5.41, 5.74) is 0.693. The fourth-order valence-corrected chi connectivity index (χ4v) is 2.56. The van der Waals surface area contributed by atoms with Crippen molar-refractivity contribution in [2.75, 3.05) is 20.1 Å². The van der Waals surface area contributed by atoms with Crippen LogP contribution in [-0.2, 0) is 0 Å². The molecule has 19 heavy (non-hydrogen) atoms. The molecule has 0 heterocycles. The van der Waals surface area contributed by atoms with Crippen LogP contribution in [0, 0.1) is 3.57 Å². The van der Waals surface area contributed by atoms with Crippen molar-refractivity contribution in [3.05, 3.63) is 31.8 Å². The van der Waals surface area contributed by atoms with Gasteiger partial charge in [-0.05, 0) is 77.1 Å². The van der Waals surface area contributed by atoms with Crippen molar-refractivity contribution in [3.8, 4) is 0 Å². The average molecular weight is 439 g/mol. The van der Waals surface area contributed by atoms with Crippen LogP contribution >= 0.6 is 38.5 Å². The van der Waals surface area contributed by atoms with Crippen LogP contribution in [0.4, 0.5) is 0 Å². The summed E-state index contributed by atoms with van der Waals surface area (Å²) >= 11 is 5.62. The van der Waals surface area contributed by atoms with Crippen LogP contribution in [0.2, 0.25) is 0 Å². The Kier molecular flexibility index (Phi) is 7.31. The van der Waals surface area contributed by atoms with Crippen molar-refractivity contribution >= 4 is 44.4 Å². The lowest BCUT2D eigenvalue weighted by molar-refractivity contribution is 0.0946. The Hall–Kier alpha value is -0.140. The summed E-state index contributed by atoms with van der Waals surface area (Å²) in [6.45, 7) is 5.89. The lowest BCUT2D eigenvalue weighted by atomic mass is 10.2. The number of hydrogen-bond acceptors (Lipinski definition) is 2. The van der Waals surface area contributed by atoms with Gasteiger partial charge in [-0.25, -0.2) is 0 Å². The summed E-state index contributed by atoms with van der Waals surface area (Å²) in [5, 5.41) is 2.96. The van der Waals surface area contributed by atoms with Crippen molar-refractivity contribution < 1.29 is 4.79 Å². The van der Waals surface area contributed by atoms with Crippen LogP contribution in [0.25, 0.3) is 0 Å². The molecule has 1 aromatic carbocycles. The maximum Gasteiger partial charge on any atom is 0.252 e. The molecule has 0 aliphatic rings. The van der Waals surface area contributed by atoms with Gasteiger partial charge in [0.15, 0.2) is 0 Å². The highest BCUT2D eigenvalue weighted by atomic mass is 127. The van der Waals surface area contributed by atoms with E-state index in [1.165, 1.54) is 0 Å². The number of amides is 1. The quantitative estimate of drug-likeness (QED) is 0.689. The number of carbonyl (C=O) groups is 1. The molecule has 0 spiro atoms. The molecule has 3 nitrogen and oxygen atoms in total. The van der Waals surface area contributed by atoms with Crippen LogP contribution in [0.1, 0.15) is 30.6 Å². The first-order valence-corrected chi connectivity index (χ1v) is 8.26. The van der Waals surface area contributed by atoms with Gasteiger partial charge in [0.2, 0.25) is 0 Å². The predicted octanol–water partition coefficient (Wildman–Crippen LogP) is 3.51. The van der Waals surface area contributed by atoms with E-state index in [1.807, 2.05) is 18.2 Å². The normalized spacial score (nSPS) is 12.5. The van der Waals surface area contributed by atoms with E-state index in [0.29, 0.717) is 18.2 Å². The number of rotatable bonds is 6. The summed E-state index contributed by atoms with van der Waals surface area (Å²) < 4.78 is 1.89. The predicted molar refractivity (Wildman–Crippen MR) is 91.6 cm³/mol. The van der Waals surface area contributed by atoms with E-state index in [4.69, 9.17) is 0 Å². The molecule has 0 aromatic heterocycles. The van der Waals surface area contributed by atoms with Gasteiger partial charge < -0.3 is 10.2 Å². The maximum atomic E-state index is 12.1. The summed E-state index contributed by atoms with van der Waals surface area (Å²) in [5.74, 6) is -0.0251. The highest BCUT2D eigenvalue weighted by molar-refractivity contribution is 14.1. The first kappa shape index (κ1) is 16.9. The minimum Gasteiger partial charge on any atom is -0.351 e. The van der Waals surface area contributed by atoms with Crippen LogP contribution in [0.3, 0.4) is 0 Å². The smallest absolute Gasteiger partial charge is 0.252 e. The van der Waals surface area contributed by atoms with E-state index in [-0.39, 0.29) is 5.91 Å². The second-order valence-corrected chi connectivity index (χ2v) is 6.72. The fourth-order valence-electron chi connectivity index (χ4n) is 1.64. The second kappa shape index (κ2) is 8.21. The Bertz CT molecular complexity index is 439. The number of benzene rings is 1. The Morgan fingerprint density at radius 1 is 1.53 bits per heavy atom. The molecule has 1 amide bonds. The second-order valence-electron chi connectivity index (χ2n) is 4.62.